The first-order valence-corrected chi connectivity index (χ1v) is 6.82. The molecule has 3 rings (SSSR count). The number of nitrogens with two attached hydrogens (primary N) is 1. The number of aryl methyl sites for hydroxylation is 1. The van der Waals surface area contributed by atoms with Crippen molar-refractivity contribution in [2.75, 3.05) is 13.1 Å². The molecule has 0 radical (unpaired) electrons. The number of aromatic nitrogens is 2. The Labute approximate surface area is 116 Å². The van der Waals surface area contributed by atoms with Gasteiger partial charge in [-0.2, -0.15) is 5.10 Å². The van der Waals surface area contributed by atoms with Gasteiger partial charge in [0.25, 0.3) is 5.91 Å². The summed E-state index contributed by atoms with van der Waals surface area (Å²) in [6.07, 6.45) is 1.97. The molecule has 106 valence electrons. The van der Waals surface area contributed by atoms with Gasteiger partial charge in [0, 0.05) is 25.2 Å². The first kappa shape index (κ1) is 12.9. The number of H-pyrrole nitrogens is 1. The standard InChI is InChI=1S/C14H18N4O2/c1-9-4-5-13(20-9)11-7-12(17-16-11)14(19)18-6-2-3-10(18)8-15/h4-5,7,10H,2-3,6,8,15H2,1H3,(H,16,17). The summed E-state index contributed by atoms with van der Waals surface area (Å²) < 4.78 is 5.51. The molecule has 6 heteroatoms. The van der Waals surface area contributed by atoms with Crippen LogP contribution in [0.4, 0.5) is 0 Å². The summed E-state index contributed by atoms with van der Waals surface area (Å²) in [5.41, 5.74) is 6.83. The van der Waals surface area contributed by atoms with E-state index in [0.29, 0.717) is 23.7 Å². The molecule has 0 bridgehead atoms. The molecule has 1 unspecified atom stereocenters. The zero-order chi connectivity index (χ0) is 14.1. The van der Waals surface area contributed by atoms with Gasteiger partial charge in [-0.3, -0.25) is 9.89 Å². The summed E-state index contributed by atoms with van der Waals surface area (Å²) in [4.78, 5) is 14.2. The number of hydrogen-bond donors (Lipinski definition) is 2. The maximum Gasteiger partial charge on any atom is 0.274 e. The second kappa shape index (κ2) is 5.13. The monoisotopic (exact) mass is 274 g/mol. The van der Waals surface area contributed by atoms with Crippen LogP contribution < -0.4 is 5.73 Å². The summed E-state index contributed by atoms with van der Waals surface area (Å²) in [5, 5.41) is 6.95. The van der Waals surface area contributed by atoms with Gasteiger partial charge < -0.3 is 15.1 Å². The lowest BCUT2D eigenvalue weighted by Crippen LogP contribution is -2.40. The van der Waals surface area contributed by atoms with E-state index in [4.69, 9.17) is 10.2 Å². The van der Waals surface area contributed by atoms with Crippen LogP contribution in [0.15, 0.2) is 22.6 Å². The number of carbonyl (C=O) groups is 1. The number of likely N-dealkylation sites (tertiary alicyclic amines) is 1. The van der Waals surface area contributed by atoms with E-state index in [0.717, 1.165) is 25.1 Å². The van der Waals surface area contributed by atoms with Crippen LogP contribution in [0, 0.1) is 6.92 Å². The summed E-state index contributed by atoms with van der Waals surface area (Å²) in [5.74, 6) is 1.44. The molecule has 6 nitrogen and oxygen atoms in total. The van der Waals surface area contributed by atoms with Crippen molar-refractivity contribution in [3.8, 4) is 11.5 Å². The quantitative estimate of drug-likeness (QED) is 0.888. The first-order chi connectivity index (χ1) is 9.69. The minimum atomic E-state index is -0.0660. The highest BCUT2D eigenvalue weighted by atomic mass is 16.3. The first-order valence-electron chi connectivity index (χ1n) is 6.82. The number of aromatic amines is 1. The lowest BCUT2D eigenvalue weighted by molar-refractivity contribution is 0.0735. The molecule has 1 amide bonds. The third kappa shape index (κ3) is 2.22. The molecule has 0 aromatic carbocycles. The van der Waals surface area contributed by atoms with Gasteiger partial charge in [0.05, 0.1) is 0 Å². The molecule has 1 aliphatic rings. The highest BCUT2D eigenvalue weighted by Crippen LogP contribution is 2.23. The van der Waals surface area contributed by atoms with E-state index < -0.39 is 0 Å². The molecule has 3 heterocycles. The zero-order valence-corrected chi connectivity index (χ0v) is 11.4. The van der Waals surface area contributed by atoms with E-state index in [1.165, 1.54) is 0 Å². The number of nitrogens with zero attached hydrogens (tertiary/aromatic N) is 2. The lowest BCUT2D eigenvalue weighted by atomic mass is 10.2. The van der Waals surface area contributed by atoms with Gasteiger partial charge in [0.15, 0.2) is 11.5 Å². The molecule has 1 atom stereocenters. The molecule has 0 saturated carbocycles. The van der Waals surface area contributed by atoms with E-state index in [-0.39, 0.29) is 11.9 Å². The zero-order valence-electron chi connectivity index (χ0n) is 11.4. The van der Waals surface area contributed by atoms with Crippen LogP contribution in [0.5, 0.6) is 0 Å². The lowest BCUT2D eigenvalue weighted by Gasteiger charge is -2.22. The Kier molecular flexibility index (Phi) is 3.31. The molecular formula is C14H18N4O2. The minimum Gasteiger partial charge on any atom is -0.460 e. The van der Waals surface area contributed by atoms with Gasteiger partial charge in [0.2, 0.25) is 0 Å². The van der Waals surface area contributed by atoms with E-state index in [2.05, 4.69) is 10.2 Å². The van der Waals surface area contributed by atoms with E-state index in [9.17, 15) is 4.79 Å². The van der Waals surface area contributed by atoms with Crippen molar-refractivity contribution < 1.29 is 9.21 Å². The van der Waals surface area contributed by atoms with Crippen LogP contribution in [-0.4, -0.2) is 40.1 Å². The number of carbonyl (C=O) groups excluding carboxylic acids is 1. The van der Waals surface area contributed by atoms with Gasteiger partial charge in [-0.25, -0.2) is 0 Å². The average molecular weight is 274 g/mol. The number of hydrogen-bond acceptors (Lipinski definition) is 4. The molecule has 1 saturated heterocycles. The van der Waals surface area contributed by atoms with Crippen molar-refractivity contribution in [3.63, 3.8) is 0 Å². The van der Waals surface area contributed by atoms with E-state index in [1.54, 1.807) is 6.07 Å². The second-order valence-corrected chi connectivity index (χ2v) is 5.11. The molecule has 3 N–H and O–H groups in total. The van der Waals surface area contributed by atoms with Crippen molar-refractivity contribution in [2.24, 2.45) is 5.73 Å². The fraction of sp³-hybridized carbons (Fsp3) is 0.429. The van der Waals surface area contributed by atoms with Crippen LogP contribution in [0.3, 0.4) is 0 Å². The minimum absolute atomic E-state index is 0.0660. The van der Waals surface area contributed by atoms with Crippen LogP contribution in [0.25, 0.3) is 11.5 Å². The summed E-state index contributed by atoms with van der Waals surface area (Å²) in [6, 6.07) is 5.60. The smallest absolute Gasteiger partial charge is 0.274 e. The van der Waals surface area contributed by atoms with Gasteiger partial charge in [-0.1, -0.05) is 0 Å². The highest BCUT2D eigenvalue weighted by Gasteiger charge is 2.29. The normalized spacial score (nSPS) is 18.7. The van der Waals surface area contributed by atoms with Crippen molar-refractivity contribution in [2.45, 2.75) is 25.8 Å². The fourth-order valence-electron chi connectivity index (χ4n) is 2.63. The number of furan rings is 1. The molecule has 2 aromatic heterocycles. The number of rotatable bonds is 3. The van der Waals surface area contributed by atoms with Crippen molar-refractivity contribution in [3.05, 3.63) is 29.7 Å². The van der Waals surface area contributed by atoms with E-state index in [1.807, 2.05) is 24.0 Å². The molecule has 0 spiro atoms. The Morgan fingerprint density at radius 1 is 1.60 bits per heavy atom. The summed E-state index contributed by atoms with van der Waals surface area (Å²) in [6.45, 7) is 3.13. The third-order valence-electron chi connectivity index (χ3n) is 3.71. The predicted molar refractivity (Wildman–Crippen MR) is 74.1 cm³/mol. The van der Waals surface area contributed by atoms with Crippen molar-refractivity contribution in [1.29, 1.82) is 0 Å². The van der Waals surface area contributed by atoms with Crippen molar-refractivity contribution >= 4 is 5.91 Å². The van der Waals surface area contributed by atoms with Crippen molar-refractivity contribution in [1.82, 2.24) is 15.1 Å². The van der Waals surface area contributed by atoms with Crippen LogP contribution in [0.2, 0.25) is 0 Å². The molecule has 1 fully saturated rings. The Hall–Kier alpha value is -2.08. The number of amides is 1. The summed E-state index contributed by atoms with van der Waals surface area (Å²) in [7, 11) is 0. The maximum absolute atomic E-state index is 12.4. The van der Waals surface area contributed by atoms with Crippen LogP contribution in [-0.2, 0) is 0 Å². The summed E-state index contributed by atoms with van der Waals surface area (Å²) >= 11 is 0. The molecular weight excluding hydrogens is 256 g/mol. The Balaban J connectivity index is 1.81. The van der Waals surface area contributed by atoms with Gasteiger partial charge >= 0.3 is 0 Å². The molecule has 1 aliphatic heterocycles. The average Bonchev–Trinajstić information content (AvgIpc) is 3.17. The predicted octanol–water partition coefficient (Wildman–Crippen LogP) is 1.54. The highest BCUT2D eigenvalue weighted by molar-refractivity contribution is 5.93. The largest absolute Gasteiger partial charge is 0.460 e. The Morgan fingerprint density at radius 2 is 2.45 bits per heavy atom. The molecule has 2 aromatic rings. The van der Waals surface area contributed by atoms with Gasteiger partial charge in [0.1, 0.15) is 11.5 Å². The molecule has 20 heavy (non-hydrogen) atoms. The second-order valence-electron chi connectivity index (χ2n) is 5.11. The fourth-order valence-corrected chi connectivity index (χ4v) is 2.63. The van der Waals surface area contributed by atoms with E-state index >= 15 is 0 Å². The van der Waals surface area contributed by atoms with Gasteiger partial charge in [-0.05, 0) is 31.9 Å². The molecule has 0 aliphatic carbocycles. The third-order valence-corrected chi connectivity index (χ3v) is 3.71. The van der Waals surface area contributed by atoms with Crippen LogP contribution >= 0.6 is 0 Å². The maximum atomic E-state index is 12.4. The SMILES string of the molecule is Cc1ccc(-c2cc(C(=O)N3CCCC3CN)n[nH]2)o1. The van der Waals surface area contributed by atoms with Gasteiger partial charge in [-0.15, -0.1) is 0 Å². The Bertz CT molecular complexity index is 616. The number of nitrogens with one attached hydrogen (secondary N) is 1. The topological polar surface area (TPSA) is 88.1 Å². The Morgan fingerprint density at radius 3 is 3.15 bits per heavy atom. The van der Waals surface area contributed by atoms with Crippen LogP contribution in [0.1, 0.15) is 29.1 Å².